The lowest BCUT2D eigenvalue weighted by atomic mass is 9.68. The number of hydrogen-bond donors (Lipinski definition) is 1. The van der Waals surface area contributed by atoms with Crippen molar-refractivity contribution in [1.29, 1.82) is 0 Å². The zero-order valence-electron chi connectivity index (χ0n) is 26.4. The summed E-state index contributed by atoms with van der Waals surface area (Å²) in [5.74, 6) is 4.14. The molecular formula is C40H56N2. The van der Waals surface area contributed by atoms with Crippen LogP contribution in [-0.4, -0.2) is 29.6 Å². The molecule has 2 nitrogen and oxygen atoms in total. The Hall–Kier alpha value is -1.90. The van der Waals surface area contributed by atoms with Crippen molar-refractivity contribution >= 4 is 0 Å². The highest BCUT2D eigenvalue weighted by Gasteiger charge is 2.50. The minimum absolute atomic E-state index is 0.575. The summed E-state index contributed by atoms with van der Waals surface area (Å²) in [6, 6.07) is 1.99. The fourth-order valence-electron chi connectivity index (χ4n) is 10.5. The van der Waals surface area contributed by atoms with Crippen molar-refractivity contribution in [3.05, 3.63) is 82.5 Å². The Morgan fingerprint density at radius 3 is 2.60 bits per heavy atom. The average Bonchev–Trinajstić information content (AvgIpc) is 3.38. The van der Waals surface area contributed by atoms with E-state index in [4.69, 9.17) is 5.73 Å². The predicted octanol–water partition coefficient (Wildman–Crippen LogP) is 9.54. The lowest BCUT2D eigenvalue weighted by Gasteiger charge is -2.45. The van der Waals surface area contributed by atoms with Crippen molar-refractivity contribution in [3.8, 4) is 0 Å². The normalized spacial score (nSPS) is 38.6. The highest BCUT2D eigenvalue weighted by Crippen LogP contribution is 2.52. The first-order chi connectivity index (χ1) is 20.7. The number of fused-ring (bicyclic) bond motifs is 4. The maximum absolute atomic E-state index is 6.35. The van der Waals surface area contributed by atoms with Crippen molar-refractivity contribution in [3.63, 3.8) is 0 Å². The third kappa shape index (κ3) is 5.56. The second kappa shape index (κ2) is 13.0. The molecule has 6 aliphatic carbocycles. The number of unbranched alkanes of at least 4 members (excludes halogenated alkanes) is 1. The molecule has 7 aliphatic rings. The monoisotopic (exact) mass is 564 g/mol. The van der Waals surface area contributed by atoms with Gasteiger partial charge in [-0.2, -0.15) is 0 Å². The zero-order chi connectivity index (χ0) is 28.5. The summed E-state index contributed by atoms with van der Waals surface area (Å²) < 4.78 is 0. The van der Waals surface area contributed by atoms with Gasteiger partial charge in [0.05, 0.1) is 0 Å². The smallest absolute Gasteiger partial charge is 0.0360 e. The van der Waals surface area contributed by atoms with E-state index in [-0.39, 0.29) is 0 Å². The number of likely N-dealkylation sites (tertiary alicyclic amines) is 1. The van der Waals surface area contributed by atoms with E-state index in [1.807, 2.05) is 0 Å². The van der Waals surface area contributed by atoms with Crippen LogP contribution >= 0.6 is 0 Å². The summed E-state index contributed by atoms with van der Waals surface area (Å²) in [5.41, 5.74) is 14.4. The Morgan fingerprint density at radius 1 is 0.905 bits per heavy atom. The number of rotatable bonds is 7. The number of nitrogens with zero attached hydrogens (tertiary/aromatic N) is 1. The molecule has 7 rings (SSSR count). The molecule has 0 spiro atoms. The first kappa shape index (κ1) is 28.8. The van der Waals surface area contributed by atoms with Gasteiger partial charge in [-0.1, -0.05) is 80.9 Å². The van der Waals surface area contributed by atoms with Crippen molar-refractivity contribution in [2.24, 2.45) is 35.3 Å². The first-order valence-electron chi connectivity index (χ1n) is 18.1. The second-order valence-corrected chi connectivity index (χ2v) is 14.8. The second-order valence-electron chi connectivity index (χ2n) is 14.8. The first-order valence-corrected chi connectivity index (χ1v) is 18.1. The predicted molar refractivity (Wildman–Crippen MR) is 178 cm³/mol. The van der Waals surface area contributed by atoms with Crippen molar-refractivity contribution in [2.45, 2.75) is 128 Å². The molecule has 1 saturated heterocycles. The van der Waals surface area contributed by atoms with Gasteiger partial charge in [0.2, 0.25) is 0 Å². The fourth-order valence-corrected chi connectivity index (χ4v) is 10.5. The topological polar surface area (TPSA) is 29.3 Å². The number of allylic oxidation sites excluding steroid dienone is 10. The number of nitrogens with two attached hydrogens (primary N) is 1. The molecule has 3 fully saturated rings. The van der Waals surface area contributed by atoms with E-state index >= 15 is 0 Å². The molecule has 0 aromatic heterocycles. The van der Waals surface area contributed by atoms with E-state index < -0.39 is 0 Å². The summed E-state index contributed by atoms with van der Waals surface area (Å²) in [5, 5.41) is 0. The van der Waals surface area contributed by atoms with Gasteiger partial charge in [0.15, 0.2) is 0 Å². The molecule has 0 radical (unpaired) electrons. The Morgan fingerprint density at radius 2 is 1.79 bits per heavy atom. The average molecular weight is 565 g/mol. The maximum Gasteiger partial charge on any atom is 0.0360 e. The molecule has 1 aliphatic heterocycles. The summed E-state index contributed by atoms with van der Waals surface area (Å²) in [7, 11) is 0. The molecule has 0 amide bonds. The molecule has 0 aromatic rings. The van der Waals surface area contributed by atoms with Gasteiger partial charge in [-0.05, 0) is 135 Å². The number of hydrogen-bond acceptors (Lipinski definition) is 2. The van der Waals surface area contributed by atoms with Gasteiger partial charge in [0.25, 0.3) is 0 Å². The van der Waals surface area contributed by atoms with Crippen molar-refractivity contribution in [2.75, 3.05) is 6.54 Å². The van der Waals surface area contributed by atoms with Crippen LogP contribution in [0.2, 0.25) is 0 Å². The van der Waals surface area contributed by atoms with Crippen molar-refractivity contribution in [1.82, 2.24) is 4.90 Å². The fraction of sp³-hybridized carbons (Fsp3) is 0.650. The third-order valence-corrected chi connectivity index (χ3v) is 12.6. The Kier molecular flexibility index (Phi) is 8.92. The minimum atomic E-state index is 0.575. The van der Waals surface area contributed by atoms with Crippen LogP contribution in [-0.2, 0) is 0 Å². The van der Waals surface area contributed by atoms with Crippen LogP contribution in [0.3, 0.4) is 0 Å². The van der Waals surface area contributed by atoms with Crippen LogP contribution in [0.25, 0.3) is 0 Å². The van der Waals surface area contributed by atoms with Gasteiger partial charge in [0, 0.05) is 30.6 Å². The molecular weight excluding hydrogens is 508 g/mol. The lowest BCUT2D eigenvalue weighted by molar-refractivity contribution is 0.0667. The van der Waals surface area contributed by atoms with Crippen LogP contribution in [0, 0.1) is 29.6 Å². The van der Waals surface area contributed by atoms with E-state index in [2.05, 4.69) is 66.5 Å². The van der Waals surface area contributed by atoms with E-state index in [9.17, 15) is 0 Å². The highest BCUT2D eigenvalue weighted by atomic mass is 15.3. The van der Waals surface area contributed by atoms with Gasteiger partial charge in [0.1, 0.15) is 0 Å². The third-order valence-electron chi connectivity index (χ3n) is 12.6. The van der Waals surface area contributed by atoms with Gasteiger partial charge in [-0.15, -0.1) is 0 Å². The van der Waals surface area contributed by atoms with Crippen LogP contribution < -0.4 is 5.73 Å². The summed E-state index contributed by atoms with van der Waals surface area (Å²) in [4.78, 5) is 3.12. The zero-order valence-corrected chi connectivity index (χ0v) is 26.4. The Balaban J connectivity index is 1.15. The van der Waals surface area contributed by atoms with E-state index in [1.165, 1.54) is 107 Å². The standard InChI is InChI=1S/C40H56N2/c1-2-3-10-33(27-41)31-19-23-37-38-24-20-32(36-16-9-14-30-13-7-8-15-35(30)36)26-40(38)42(39(37)25-31)34-21-17-29(18-22-34)28-11-5-4-6-12-28/h4-5,9-10,14,16,19-20,23,28-30,34-35,38-40H,2-3,6-8,11-13,15,17-18,21-22,24-27,41H2,1H3/b33-10+. The molecule has 226 valence electrons. The Labute approximate surface area is 256 Å². The molecule has 0 aromatic carbocycles. The molecule has 2 saturated carbocycles. The van der Waals surface area contributed by atoms with Crippen LogP contribution in [0.5, 0.6) is 0 Å². The van der Waals surface area contributed by atoms with Crippen LogP contribution in [0.15, 0.2) is 82.5 Å². The lowest BCUT2D eigenvalue weighted by Crippen LogP contribution is -2.48. The summed E-state index contributed by atoms with van der Waals surface area (Å²) in [6.07, 6.45) is 43.9. The maximum atomic E-state index is 6.35. The summed E-state index contributed by atoms with van der Waals surface area (Å²) in [6.45, 7) is 2.95. The van der Waals surface area contributed by atoms with Gasteiger partial charge >= 0.3 is 0 Å². The Bertz CT molecular complexity index is 1200. The molecule has 42 heavy (non-hydrogen) atoms. The van der Waals surface area contributed by atoms with Crippen LogP contribution in [0.4, 0.5) is 0 Å². The molecule has 1 heterocycles. The molecule has 6 atom stereocenters. The molecule has 2 heteroatoms. The highest BCUT2D eigenvalue weighted by molar-refractivity contribution is 5.48. The SMILES string of the molecule is CCC/C=C(\CN)C1=CC=C2C3CC=C(C4=CC=CC5CCCCC45)CC3N(C3CCC(C4CC=CCC4)CC3)C2C1. The molecule has 2 N–H and O–H groups in total. The molecule has 0 bridgehead atoms. The van der Waals surface area contributed by atoms with Crippen molar-refractivity contribution < 1.29 is 0 Å². The molecule has 6 unspecified atom stereocenters. The van der Waals surface area contributed by atoms with Gasteiger partial charge in [-0.3, -0.25) is 4.90 Å². The van der Waals surface area contributed by atoms with Gasteiger partial charge < -0.3 is 5.73 Å². The van der Waals surface area contributed by atoms with E-state index in [0.29, 0.717) is 24.5 Å². The van der Waals surface area contributed by atoms with E-state index in [1.54, 1.807) is 16.7 Å². The largest absolute Gasteiger partial charge is 0.326 e. The van der Waals surface area contributed by atoms with Crippen LogP contribution in [0.1, 0.15) is 110 Å². The minimum Gasteiger partial charge on any atom is -0.326 e. The van der Waals surface area contributed by atoms with Gasteiger partial charge in [-0.25, -0.2) is 0 Å². The van der Waals surface area contributed by atoms with E-state index in [0.717, 1.165) is 36.1 Å². The quantitative estimate of drug-likeness (QED) is 0.312. The summed E-state index contributed by atoms with van der Waals surface area (Å²) >= 11 is 0.